The van der Waals surface area contributed by atoms with Crippen molar-refractivity contribution in [1.82, 2.24) is 9.71 Å². The van der Waals surface area contributed by atoms with Crippen LogP contribution < -0.4 is 10.0 Å². The van der Waals surface area contributed by atoms with Crippen LogP contribution in [-0.4, -0.2) is 25.9 Å². The Morgan fingerprint density at radius 2 is 1.81 bits per heavy atom. The molecule has 0 saturated carbocycles. The van der Waals surface area contributed by atoms with Crippen LogP contribution >= 0.6 is 11.3 Å². The van der Waals surface area contributed by atoms with E-state index < -0.39 is 10.0 Å². The van der Waals surface area contributed by atoms with Gasteiger partial charge in [-0.3, -0.25) is 4.79 Å². The number of amides is 1. The maximum Gasteiger partial charge on any atom is 0.255 e. The number of benzene rings is 3. The first-order valence-electron chi connectivity index (χ1n) is 9.27. The standard InChI is InChI=1S/C23H17N3O3S2/c1-2-14-24-31(28,29)19-12-10-16(11-13-19)22(27)25-18-7-5-6-17(15-18)23-26-20-8-3-4-9-21(20)30-23/h1,3-13,15,24H,14H2,(H,25,27). The number of para-hydroxylation sites is 1. The third-order valence-electron chi connectivity index (χ3n) is 4.45. The molecule has 0 atom stereocenters. The van der Waals surface area contributed by atoms with Gasteiger partial charge >= 0.3 is 0 Å². The Morgan fingerprint density at radius 1 is 1.03 bits per heavy atom. The van der Waals surface area contributed by atoms with Crippen molar-refractivity contribution in [1.29, 1.82) is 0 Å². The number of hydrogen-bond acceptors (Lipinski definition) is 5. The first kappa shape index (κ1) is 20.8. The molecule has 0 radical (unpaired) electrons. The van der Waals surface area contributed by atoms with Gasteiger partial charge in [0.2, 0.25) is 10.0 Å². The Kier molecular flexibility index (Phi) is 5.82. The molecule has 4 aromatic rings. The molecule has 8 heteroatoms. The van der Waals surface area contributed by atoms with Gasteiger partial charge in [0, 0.05) is 16.8 Å². The minimum atomic E-state index is -3.70. The number of carbonyl (C=O) groups is 1. The average Bonchev–Trinajstić information content (AvgIpc) is 3.22. The summed E-state index contributed by atoms with van der Waals surface area (Å²) in [6, 6.07) is 21.0. The summed E-state index contributed by atoms with van der Waals surface area (Å²) in [5.74, 6) is 1.87. The van der Waals surface area contributed by atoms with E-state index >= 15 is 0 Å². The van der Waals surface area contributed by atoms with E-state index in [9.17, 15) is 13.2 Å². The molecule has 31 heavy (non-hydrogen) atoms. The number of fused-ring (bicyclic) bond motifs is 1. The highest BCUT2D eigenvalue weighted by Crippen LogP contribution is 2.31. The zero-order chi connectivity index (χ0) is 21.8. The number of rotatable bonds is 6. The predicted molar refractivity (Wildman–Crippen MR) is 123 cm³/mol. The molecule has 4 rings (SSSR count). The van der Waals surface area contributed by atoms with Crippen LogP contribution in [0.5, 0.6) is 0 Å². The van der Waals surface area contributed by atoms with Crippen molar-refractivity contribution in [2.75, 3.05) is 11.9 Å². The van der Waals surface area contributed by atoms with Crippen molar-refractivity contribution < 1.29 is 13.2 Å². The van der Waals surface area contributed by atoms with Gasteiger partial charge in [-0.25, -0.2) is 13.4 Å². The van der Waals surface area contributed by atoms with E-state index in [0.717, 1.165) is 20.8 Å². The quantitative estimate of drug-likeness (QED) is 0.435. The number of carbonyl (C=O) groups excluding carboxylic acids is 1. The summed E-state index contributed by atoms with van der Waals surface area (Å²) in [5.41, 5.74) is 2.79. The Morgan fingerprint density at radius 3 is 2.55 bits per heavy atom. The topological polar surface area (TPSA) is 88.2 Å². The lowest BCUT2D eigenvalue weighted by Gasteiger charge is -2.08. The molecule has 0 aliphatic carbocycles. The number of nitrogens with one attached hydrogen (secondary N) is 2. The van der Waals surface area contributed by atoms with Crippen molar-refractivity contribution in [2.24, 2.45) is 0 Å². The molecular weight excluding hydrogens is 430 g/mol. The highest BCUT2D eigenvalue weighted by atomic mass is 32.2. The molecule has 2 N–H and O–H groups in total. The van der Waals surface area contributed by atoms with E-state index in [1.807, 2.05) is 42.5 Å². The molecule has 1 aromatic heterocycles. The molecule has 0 unspecified atom stereocenters. The van der Waals surface area contributed by atoms with Crippen LogP contribution in [0.4, 0.5) is 5.69 Å². The van der Waals surface area contributed by atoms with Crippen LogP contribution in [-0.2, 0) is 10.0 Å². The Labute approximate surface area is 184 Å². The van der Waals surface area contributed by atoms with Gasteiger partial charge in [-0.05, 0) is 48.5 Å². The van der Waals surface area contributed by atoms with Gasteiger partial charge in [-0.2, -0.15) is 4.72 Å². The first-order valence-corrected chi connectivity index (χ1v) is 11.6. The molecule has 0 saturated heterocycles. The van der Waals surface area contributed by atoms with Gasteiger partial charge in [0.15, 0.2) is 0 Å². The summed E-state index contributed by atoms with van der Waals surface area (Å²) in [4.78, 5) is 17.3. The second kappa shape index (κ2) is 8.70. The normalized spacial score (nSPS) is 11.2. The Hall–Kier alpha value is -3.51. The fraction of sp³-hybridized carbons (Fsp3) is 0.0435. The Balaban J connectivity index is 1.51. The van der Waals surface area contributed by atoms with E-state index in [2.05, 4.69) is 20.9 Å². The van der Waals surface area contributed by atoms with Gasteiger partial charge in [-0.1, -0.05) is 30.2 Å². The average molecular weight is 448 g/mol. The maximum absolute atomic E-state index is 12.6. The molecule has 0 bridgehead atoms. The molecule has 3 aromatic carbocycles. The number of aromatic nitrogens is 1. The maximum atomic E-state index is 12.6. The van der Waals surface area contributed by atoms with Gasteiger partial charge in [0.25, 0.3) is 5.91 Å². The van der Waals surface area contributed by atoms with Gasteiger partial charge in [-0.15, -0.1) is 17.8 Å². The second-order valence-electron chi connectivity index (χ2n) is 6.57. The summed E-state index contributed by atoms with van der Waals surface area (Å²) in [6.45, 7) is -0.102. The first-order chi connectivity index (χ1) is 15.0. The van der Waals surface area contributed by atoms with Crippen LogP contribution in [0.15, 0.2) is 77.7 Å². The zero-order valence-corrected chi connectivity index (χ0v) is 17.8. The summed E-state index contributed by atoms with van der Waals surface area (Å²) in [6.07, 6.45) is 5.09. The van der Waals surface area contributed by atoms with Crippen molar-refractivity contribution in [3.05, 3.63) is 78.4 Å². The van der Waals surface area contributed by atoms with Gasteiger partial charge in [0.05, 0.1) is 21.7 Å². The minimum absolute atomic E-state index is 0.0390. The molecule has 1 heterocycles. The number of thiazole rings is 1. The summed E-state index contributed by atoms with van der Waals surface area (Å²) in [7, 11) is -3.70. The molecule has 6 nitrogen and oxygen atoms in total. The summed E-state index contributed by atoms with van der Waals surface area (Å²) in [5, 5.41) is 3.71. The SMILES string of the molecule is C#CCNS(=O)(=O)c1ccc(C(=O)Nc2cccc(-c3nc4ccccc4s3)c2)cc1. The van der Waals surface area contributed by atoms with Crippen LogP contribution in [0.3, 0.4) is 0 Å². The lowest BCUT2D eigenvalue weighted by atomic mass is 10.2. The number of anilines is 1. The van der Waals surface area contributed by atoms with E-state index in [1.54, 1.807) is 17.4 Å². The summed E-state index contributed by atoms with van der Waals surface area (Å²) < 4.78 is 27.5. The van der Waals surface area contributed by atoms with Gasteiger partial charge in [0.1, 0.15) is 5.01 Å². The lowest BCUT2D eigenvalue weighted by Crippen LogP contribution is -2.24. The fourth-order valence-electron chi connectivity index (χ4n) is 2.93. The number of terminal acetylenes is 1. The number of nitrogens with zero attached hydrogens (tertiary/aromatic N) is 1. The molecule has 0 spiro atoms. The van der Waals surface area contributed by atoms with Gasteiger partial charge < -0.3 is 5.32 Å². The highest BCUT2D eigenvalue weighted by Gasteiger charge is 2.14. The molecule has 0 aliphatic rings. The van der Waals surface area contributed by atoms with E-state index in [4.69, 9.17) is 6.42 Å². The smallest absolute Gasteiger partial charge is 0.255 e. The third kappa shape index (κ3) is 4.64. The predicted octanol–water partition coefficient (Wildman–Crippen LogP) is 4.13. The highest BCUT2D eigenvalue weighted by molar-refractivity contribution is 7.89. The molecule has 154 valence electrons. The van der Waals surface area contributed by atoms with Crippen LogP contribution in [0.25, 0.3) is 20.8 Å². The second-order valence-corrected chi connectivity index (χ2v) is 9.37. The minimum Gasteiger partial charge on any atom is -0.322 e. The Bertz CT molecular complexity index is 1370. The largest absolute Gasteiger partial charge is 0.322 e. The lowest BCUT2D eigenvalue weighted by molar-refractivity contribution is 0.102. The fourth-order valence-corrected chi connectivity index (χ4v) is 4.83. The van der Waals surface area contributed by atoms with E-state index in [0.29, 0.717) is 11.3 Å². The van der Waals surface area contributed by atoms with Crippen molar-refractivity contribution in [3.8, 4) is 22.9 Å². The molecule has 1 amide bonds. The third-order valence-corrected chi connectivity index (χ3v) is 6.95. The van der Waals surface area contributed by atoms with Crippen molar-refractivity contribution in [3.63, 3.8) is 0 Å². The summed E-state index contributed by atoms with van der Waals surface area (Å²) >= 11 is 1.58. The van der Waals surface area contributed by atoms with E-state index in [-0.39, 0.29) is 17.3 Å². The van der Waals surface area contributed by atoms with Crippen LogP contribution in [0, 0.1) is 12.3 Å². The number of hydrogen-bond donors (Lipinski definition) is 2. The monoisotopic (exact) mass is 447 g/mol. The molecular formula is C23H17N3O3S2. The van der Waals surface area contributed by atoms with E-state index in [1.165, 1.54) is 24.3 Å². The molecule has 0 aliphatic heterocycles. The molecule has 0 fully saturated rings. The van der Waals surface area contributed by atoms with Crippen LogP contribution in [0.2, 0.25) is 0 Å². The van der Waals surface area contributed by atoms with Crippen molar-refractivity contribution in [2.45, 2.75) is 4.90 Å². The zero-order valence-electron chi connectivity index (χ0n) is 16.2. The number of sulfonamides is 1. The van der Waals surface area contributed by atoms with Crippen LogP contribution in [0.1, 0.15) is 10.4 Å². The van der Waals surface area contributed by atoms with Crippen molar-refractivity contribution >= 4 is 43.2 Å².